The van der Waals surface area contributed by atoms with Crippen LogP contribution in [0, 0.1) is 0 Å². The zero-order valence-electron chi connectivity index (χ0n) is 25.3. The maximum atomic E-state index is 6.14. The highest BCUT2D eigenvalue weighted by Crippen LogP contribution is 2.43. The van der Waals surface area contributed by atoms with Crippen LogP contribution < -0.4 is 0 Å². The Morgan fingerprint density at radius 1 is 0.362 bits per heavy atom. The average molecular weight is 599 g/mol. The van der Waals surface area contributed by atoms with E-state index in [-0.39, 0.29) is 0 Å². The number of rotatable bonds is 3. The molecule has 3 aromatic heterocycles. The number of nitrogens with zero attached hydrogens (tertiary/aromatic N) is 2. The number of fused-ring (bicyclic) bond motifs is 6. The number of para-hydroxylation sites is 3. The molecule has 0 saturated heterocycles. The van der Waals surface area contributed by atoms with Crippen LogP contribution in [0.4, 0.5) is 0 Å². The van der Waals surface area contributed by atoms with Crippen LogP contribution in [0.15, 0.2) is 162 Å². The van der Waals surface area contributed by atoms with E-state index < -0.39 is 0 Å². The summed E-state index contributed by atoms with van der Waals surface area (Å²) < 4.78 is 10.9. The summed E-state index contributed by atoms with van der Waals surface area (Å²) in [5, 5.41) is 9.98. The second-order valence-corrected chi connectivity index (χ2v) is 12.5. The van der Waals surface area contributed by atoms with Crippen molar-refractivity contribution in [2.45, 2.75) is 0 Å². The minimum absolute atomic E-state index is 0.920. The van der Waals surface area contributed by atoms with E-state index in [0.29, 0.717) is 0 Å². The third-order valence-electron chi connectivity index (χ3n) is 10.1. The molecule has 0 fully saturated rings. The molecule has 3 heterocycles. The third-order valence-corrected chi connectivity index (χ3v) is 10.1. The van der Waals surface area contributed by atoms with Crippen LogP contribution in [-0.2, 0) is 0 Å². The topological polar surface area (TPSA) is 23.0 Å². The maximum absolute atomic E-state index is 6.14. The van der Waals surface area contributed by atoms with E-state index in [1.807, 2.05) is 12.1 Å². The first-order valence-corrected chi connectivity index (χ1v) is 16.1. The van der Waals surface area contributed by atoms with Gasteiger partial charge >= 0.3 is 0 Å². The molecule has 8 aromatic carbocycles. The van der Waals surface area contributed by atoms with E-state index in [0.717, 1.165) is 33.3 Å². The lowest BCUT2D eigenvalue weighted by Gasteiger charge is -2.12. The summed E-state index contributed by atoms with van der Waals surface area (Å²) in [6.07, 6.45) is 0. The molecule has 0 amide bonds. The standard InChI is InChI=1S/C44H26N2O/c1-4-12-37-32(9-1)33-10-2-5-13-38(33)45(37)29-18-20-30(21-19-29)46-39-14-7-8-27-16-22-35-31(23-24-40(46)44(35)43(27)39)28-17-25-42-36(26-28)34-11-3-6-15-41(34)47-42/h1-26H. The van der Waals surface area contributed by atoms with E-state index in [9.17, 15) is 0 Å². The molecule has 11 aromatic rings. The summed E-state index contributed by atoms with van der Waals surface area (Å²) in [4.78, 5) is 0. The molecular formula is C44H26N2O. The van der Waals surface area contributed by atoms with Gasteiger partial charge in [-0.05, 0) is 88.6 Å². The molecule has 3 heteroatoms. The molecule has 0 aliphatic rings. The highest BCUT2D eigenvalue weighted by Gasteiger charge is 2.20. The fourth-order valence-corrected chi connectivity index (χ4v) is 8.06. The lowest BCUT2D eigenvalue weighted by molar-refractivity contribution is 0.669. The molecule has 0 aliphatic heterocycles. The van der Waals surface area contributed by atoms with Crippen molar-refractivity contribution >= 4 is 76.3 Å². The summed E-state index contributed by atoms with van der Waals surface area (Å²) in [7, 11) is 0. The molecule has 0 bridgehead atoms. The maximum Gasteiger partial charge on any atom is 0.135 e. The van der Waals surface area contributed by atoms with Gasteiger partial charge in [-0.3, -0.25) is 0 Å². The first kappa shape index (κ1) is 24.9. The van der Waals surface area contributed by atoms with Gasteiger partial charge in [0.25, 0.3) is 0 Å². The molecular weight excluding hydrogens is 572 g/mol. The van der Waals surface area contributed by atoms with Crippen LogP contribution in [0.5, 0.6) is 0 Å². The summed E-state index contributed by atoms with van der Waals surface area (Å²) in [6.45, 7) is 0. The van der Waals surface area contributed by atoms with Crippen LogP contribution in [0.1, 0.15) is 0 Å². The molecule has 0 radical (unpaired) electrons. The molecule has 218 valence electrons. The molecule has 0 unspecified atom stereocenters. The molecule has 47 heavy (non-hydrogen) atoms. The predicted molar refractivity (Wildman–Crippen MR) is 197 cm³/mol. The fraction of sp³-hybridized carbons (Fsp3) is 0. The van der Waals surface area contributed by atoms with Crippen molar-refractivity contribution < 1.29 is 4.42 Å². The van der Waals surface area contributed by atoms with Crippen LogP contribution in [0.3, 0.4) is 0 Å². The molecule has 0 spiro atoms. The Hall–Kier alpha value is -6.32. The van der Waals surface area contributed by atoms with Gasteiger partial charge in [-0.1, -0.05) is 91.0 Å². The van der Waals surface area contributed by atoms with E-state index in [4.69, 9.17) is 4.42 Å². The molecule has 0 atom stereocenters. The summed E-state index contributed by atoms with van der Waals surface area (Å²) in [6, 6.07) is 57.1. The number of furan rings is 1. The van der Waals surface area contributed by atoms with E-state index in [1.54, 1.807) is 0 Å². The number of hydrogen-bond donors (Lipinski definition) is 0. The lowest BCUT2D eigenvalue weighted by atomic mass is 9.94. The summed E-state index contributed by atoms with van der Waals surface area (Å²) in [5.74, 6) is 0. The van der Waals surface area contributed by atoms with E-state index in [2.05, 4.69) is 155 Å². The monoisotopic (exact) mass is 598 g/mol. The van der Waals surface area contributed by atoms with Gasteiger partial charge in [0, 0.05) is 43.7 Å². The summed E-state index contributed by atoms with van der Waals surface area (Å²) in [5.41, 5.74) is 11.5. The van der Waals surface area contributed by atoms with Crippen LogP contribution in [-0.4, -0.2) is 9.13 Å². The van der Waals surface area contributed by atoms with Gasteiger partial charge in [-0.25, -0.2) is 0 Å². The predicted octanol–water partition coefficient (Wildman–Crippen LogP) is 12.0. The normalized spacial score (nSPS) is 12.3. The van der Waals surface area contributed by atoms with Gasteiger partial charge in [0.05, 0.1) is 22.1 Å². The fourth-order valence-electron chi connectivity index (χ4n) is 8.06. The Labute approximate surface area is 269 Å². The highest BCUT2D eigenvalue weighted by molar-refractivity contribution is 6.26. The molecule has 0 saturated carbocycles. The Bertz CT molecular complexity index is 2950. The van der Waals surface area contributed by atoms with Gasteiger partial charge in [0.1, 0.15) is 11.2 Å². The van der Waals surface area contributed by atoms with E-state index in [1.165, 1.54) is 65.5 Å². The van der Waals surface area contributed by atoms with Gasteiger partial charge in [0.15, 0.2) is 0 Å². The van der Waals surface area contributed by atoms with Crippen molar-refractivity contribution in [1.82, 2.24) is 9.13 Å². The first-order valence-electron chi connectivity index (χ1n) is 16.1. The van der Waals surface area contributed by atoms with E-state index >= 15 is 0 Å². The van der Waals surface area contributed by atoms with Gasteiger partial charge in [0.2, 0.25) is 0 Å². The smallest absolute Gasteiger partial charge is 0.135 e. The van der Waals surface area contributed by atoms with Crippen LogP contribution in [0.25, 0.3) is 98.8 Å². The SMILES string of the molecule is c1ccc2c(c1)oc1ccc(-c3ccc4c5c3ccc3cccc(c35)n4-c3ccc(-n4c5ccccc5c5ccccc54)cc3)cc12. The molecule has 0 aliphatic carbocycles. The van der Waals surface area contributed by atoms with Crippen LogP contribution >= 0.6 is 0 Å². The van der Waals surface area contributed by atoms with Crippen molar-refractivity contribution in [3.05, 3.63) is 158 Å². The van der Waals surface area contributed by atoms with Crippen molar-refractivity contribution in [2.75, 3.05) is 0 Å². The average Bonchev–Trinajstić information content (AvgIpc) is 3.79. The minimum Gasteiger partial charge on any atom is -0.456 e. The third kappa shape index (κ3) is 3.35. The van der Waals surface area contributed by atoms with Gasteiger partial charge in [-0.15, -0.1) is 0 Å². The second-order valence-electron chi connectivity index (χ2n) is 12.5. The Balaban J connectivity index is 1.12. The number of aromatic nitrogens is 2. The molecule has 11 rings (SSSR count). The molecule has 0 N–H and O–H groups in total. The lowest BCUT2D eigenvalue weighted by Crippen LogP contribution is -1.97. The largest absolute Gasteiger partial charge is 0.456 e. The Morgan fingerprint density at radius 3 is 1.74 bits per heavy atom. The quantitative estimate of drug-likeness (QED) is 0.186. The van der Waals surface area contributed by atoms with Crippen molar-refractivity contribution in [1.29, 1.82) is 0 Å². The zero-order valence-corrected chi connectivity index (χ0v) is 25.3. The minimum atomic E-state index is 0.920. The first-order chi connectivity index (χ1) is 23.3. The summed E-state index contributed by atoms with van der Waals surface area (Å²) >= 11 is 0. The Kier molecular flexibility index (Phi) is 4.84. The van der Waals surface area contributed by atoms with Crippen molar-refractivity contribution in [3.63, 3.8) is 0 Å². The van der Waals surface area contributed by atoms with Gasteiger partial charge < -0.3 is 13.6 Å². The van der Waals surface area contributed by atoms with Crippen molar-refractivity contribution in [2.24, 2.45) is 0 Å². The van der Waals surface area contributed by atoms with Crippen LogP contribution in [0.2, 0.25) is 0 Å². The Morgan fingerprint density at radius 2 is 0.979 bits per heavy atom. The zero-order chi connectivity index (χ0) is 30.6. The number of hydrogen-bond acceptors (Lipinski definition) is 1. The van der Waals surface area contributed by atoms with Gasteiger partial charge in [-0.2, -0.15) is 0 Å². The highest BCUT2D eigenvalue weighted by atomic mass is 16.3. The van der Waals surface area contributed by atoms with Crippen molar-refractivity contribution in [3.8, 4) is 22.5 Å². The molecule has 3 nitrogen and oxygen atoms in total. The second kappa shape index (κ2) is 9.12. The number of benzene rings is 8.